The van der Waals surface area contributed by atoms with Crippen molar-refractivity contribution in [2.45, 2.75) is 27.0 Å². The first-order chi connectivity index (χ1) is 15.4. The number of carboxylic acids is 1. The number of aromatic carboxylic acids is 1. The van der Waals surface area contributed by atoms with Crippen molar-refractivity contribution < 1.29 is 24.1 Å². The standard InChI is InChI=1S/C25H26ClNO5/c1-4-31-23-12-19(14-27-21-11-18(25(28)29)8-9-22(21)30-3)20(26)13-24(23)32-15-17-7-5-6-16(2)10-17/h5-13,27H,4,14-15H2,1-3H3,(H,28,29). The van der Waals surface area contributed by atoms with Crippen LogP contribution in [0.25, 0.3) is 0 Å². The highest BCUT2D eigenvalue weighted by atomic mass is 35.5. The van der Waals surface area contributed by atoms with Crippen LogP contribution in [-0.2, 0) is 13.2 Å². The Bertz CT molecular complexity index is 1100. The number of ether oxygens (including phenoxy) is 3. The van der Waals surface area contributed by atoms with Gasteiger partial charge in [0.1, 0.15) is 12.4 Å². The number of aryl methyl sites for hydroxylation is 1. The van der Waals surface area contributed by atoms with E-state index >= 15 is 0 Å². The van der Waals surface area contributed by atoms with Gasteiger partial charge in [-0.15, -0.1) is 0 Å². The van der Waals surface area contributed by atoms with Gasteiger partial charge in [-0.25, -0.2) is 4.79 Å². The average molecular weight is 456 g/mol. The number of hydrogen-bond donors (Lipinski definition) is 2. The number of carbonyl (C=O) groups is 1. The molecular weight excluding hydrogens is 430 g/mol. The Hall–Kier alpha value is -3.38. The van der Waals surface area contributed by atoms with E-state index < -0.39 is 5.97 Å². The molecule has 0 aliphatic heterocycles. The second kappa shape index (κ2) is 10.8. The molecule has 0 fully saturated rings. The molecule has 0 heterocycles. The van der Waals surface area contributed by atoms with E-state index in [0.29, 0.717) is 47.7 Å². The fourth-order valence-corrected chi connectivity index (χ4v) is 3.45. The highest BCUT2D eigenvalue weighted by molar-refractivity contribution is 6.31. The van der Waals surface area contributed by atoms with Crippen molar-refractivity contribution in [1.82, 2.24) is 0 Å². The molecule has 32 heavy (non-hydrogen) atoms. The predicted octanol–water partition coefficient (Wildman–Crippen LogP) is 5.95. The van der Waals surface area contributed by atoms with Crippen LogP contribution in [0.2, 0.25) is 5.02 Å². The van der Waals surface area contributed by atoms with Crippen molar-refractivity contribution in [2.75, 3.05) is 19.0 Å². The monoisotopic (exact) mass is 455 g/mol. The van der Waals surface area contributed by atoms with E-state index in [4.69, 9.17) is 25.8 Å². The zero-order valence-corrected chi connectivity index (χ0v) is 19.0. The Balaban J connectivity index is 1.80. The summed E-state index contributed by atoms with van der Waals surface area (Å²) in [5.41, 5.74) is 3.72. The number of nitrogens with one attached hydrogen (secondary N) is 1. The summed E-state index contributed by atoms with van der Waals surface area (Å²) >= 11 is 6.53. The SMILES string of the molecule is CCOc1cc(CNc2cc(C(=O)O)ccc2OC)c(Cl)cc1OCc1cccc(C)c1. The Morgan fingerprint density at radius 1 is 1.03 bits per heavy atom. The molecule has 3 rings (SSSR count). The summed E-state index contributed by atoms with van der Waals surface area (Å²) in [6.45, 7) is 5.16. The summed E-state index contributed by atoms with van der Waals surface area (Å²) in [7, 11) is 1.53. The highest BCUT2D eigenvalue weighted by Gasteiger charge is 2.14. The number of benzene rings is 3. The fraction of sp³-hybridized carbons (Fsp3) is 0.240. The van der Waals surface area contributed by atoms with E-state index in [1.165, 1.54) is 19.2 Å². The van der Waals surface area contributed by atoms with Gasteiger partial charge in [-0.3, -0.25) is 0 Å². The molecule has 0 aromatic heterocycles. The van der Waals surface area contributed by atoms with Gasteiger partial charge >= 0.3 is 5.97 Å². The molecule has 0 amide bonds. The van der Waals surface area contributed by atoms with Crippen LogP contribution in [0, 0.1) is 6.92 Å². The molecule has 0 saturated heterocycles. The van der Waals surface area contributed by atoms with Gasteiger partial charge in [0.15, 0.2) is 11.5 Å². The van der Waals surface area contributed by atoms with Gasteiger partial charge in [-0.05, 0) is 49.2 Å². The molecule has 6 nitrogen and oxygen atoms in total. The lowest BCUT2D eigenvalue weighted by molar-refractivity contribution is 0.0697. The Morgan fingerprint density at radius 3 is 2.50 bits per heavy atom. The first-order valence-corrected chi connectivity index (χ1v) is 10.6. The minimum Gasteiger partial charge on any atom is -0.495 e. The smallest absolute Gasteiger partial charge is 0.335 e. The van der Waals surface area contributed by atoms with Crippen LogP contribution in [0.4, 0.5) is 5.69 Å². The molecule has 0 spiro atoms. The van der Waals surface area contributed by atoms with Crippen LogP contribution >= 0.6 is 11.6 Å². The number of carboxylic acid groups (broad SMARTS) is 1. The van der Waals surface area contributed by atoms with Crippen LogP contribution in [0.1, 0.15) is 34.0 Å². The molecule has 0 atom stereocenters. The molecule has 0 saturated carbocycles. The largest absolute Gasteiger partial charge is 0.495 e. The maximum atomic E-state index is 11.3. The van der Waals surface area contributed by atoms with Gasteiger partial charge in [-0.2, -0.15) is 0 Å². The molecule has 3 aromatic rings. The molecule has 0 unspecified atom stereocenters. The lowest BCUT2D eigenvalue weighted by atomic mass is 10.1. The van der Waals surface area contributed by atoms with Crippen LogP contribution < -0.4 is 19.5 Å². The molecule has 0 aliphatic carbocycles. The van der Waals surface area contributed by atoms with Crippen molar-refractivity contribution in [2.24, 2.45) is 0 Å². The van der Waals surface area contributed by atoms with E-state index in [1.807, 2.05) is 38.1 Å². The predicted molar refractivity (Wildman–Crippen MR) is 125 cm³/mol. The molecule has 0 bridgehead atoms. The summed E-state index contributed by atoms with van der Waals surface area (Å²) < 4.78 is 17.1. The highest BCUT2D eigenvalue weighted by Crippen LogP contribution is 2.35. The first-order valence-electron chi connectivity index (χ1n) is 10.2. The van der Waals surface area contributed by atoms with Crippen LogP contribution in [0.5, 0.6) is 17.2 Å². The molecule has 7 heteroatoms. The van der Waals surface area contributed by atoms with Gasteiger partial charge in [0, 0.05) is 17.6 Å². The summed E-state index contributed by atoms with van der Waals surface area (Å²) in [4.78, 5) is 11.3. The van der Waals surface area contributed by atoms with Crippen LogP contribution in [0.15, 0.2) is 54.6 Å². The number of hydrogen-bond acceptors (Lipinski definition) is 5. The van der Waals surface area contributed by atoms with E-state index in [0.717, 1.165) is 16.7 Å². The lowest BCUT2D eigenvalue weighted by Gasteiger charge is -2.17. The number of halogens is 1. The average Bonchev–Trinajstić information content (AvgIpc) is 2.78. The van der Waals surface area contributed by atoms with Crippen molar-refractivity contribution in [1.29, 1.82) is 0 Å². The maximum absolute atomic E-state index is 11.3. The maximum Gasteiger partial charge on any atom is 0.335 e. The van der Waals surface area contributed by atoms with Gasteiger partial charge in [-0.1, -0.05) is 41.4 Å². The molecule has 3 aromatic carbocycles. The number of anilines is 1. The van der Waals surface area contributed by atoms with Gasteiger partial charge in [0.25, 0.3) is 0 Å². The summed E-state index contributed by atoms with van der Waals surface area (Å²) in [5, 5.41) is 13.0. The minimum atomic E-state index is -1.01. The van der Waals surface area contributed by atoms with E-state index in [1.54, 1.807) is 12.1 Å². The molecule has 2 N–H and O–H groups in total. The van der Waals surface area contributed by atoms with Crippen LogP contribution in [-0.4, -0.2) is 24.8 Å². The van der Waals surface area contributed by atoms with Gasteiger partial charge in [0.2, 0.25) is 0 Å². The first kappa shape index (κ1) is 23.3. The third-order valence-corrected chi connectivity index (χ3v) is 5.16. The summed E-state index contributed by atoms with van der Waals surface area (Å²) in [6, 6.07) is 16.3. The Morgan fingerprint density at radius 2 is 1.81 bits per heavy atom. The van der Waals surface area contributed by atoms with Crippen molar-refractivity contribution in [3.05, 3.63) is 81.9 Å². The Labute approximate surface area is 192 Å². The number of methoxy groups -OCH3 is 1. The quantitative estimate of drug-likeness (QED) is 0.393. The number of rotatable bonds is 10. The van der Waals surface area contributed by atoms with Crippen molar-refractivity contribution in [3.8, 4) is 17.2 Å². The van der Waals surface area contributed by atoms with E-state index in [9.17, 15) is 9.90 Å². The van der Waals surface area contributed by atoms with Gasteiger partial charge in [0.05, 0.1) is 25.0 Å². The zero-order chi connectivity index (χ0) is 23.1. The minimum absolute atomic E-state index is 0.161. The third-order valence-electron chi connectivity index (χ3n) is 4.81. The van der Waals surface area contributed by atoms with Crippen LogP contribution in [0.3, 0.4) is 0 Å². The summed E-state index contributed by atoms with van der Waals surface area (Å²) in [5.74, 6) is 0.678. The van der Waals surface area contributed by atoms with E-state index in [2.05, 4.69) is 11.4 Å². The topological polar surface area (TPSA) is 77.0 Å². The zero-order valence-electron chi connectivity index (χ0n) is 18.3. The molecule has 168 valence electrons. The molecule has 0 aliphatic rings. The lowest BCUT2D eigenvalue weighted by Crippen LogP contribution is -2.06. The second-order valence-corrected chi connectivity index (χ2v) is 7.58. The second-order valence-electron chi connectivity index (χ2n) is 7.17. The Kier molecular flexibility index (Phi) is 7.84. The summed E-state index contributed by atoms with van der Waals surface area (Å²) in [6.07, 6.45) is 0. The molecule has 0 radical (unpaired) electrons. The van der Waals surface area contributed by atoms with Gasteiger partial charge < -0.3 is 24.6 Å². The fourth-order valence-electron chi connectivity index (χ4n) is 3.23. The third kappa shape index (κ3) is 5.86. The van der Waals surface area contributed by atoms with E-state index in [-0.39, 0.29) is 5.56 Å². The normalized spacial score (nSPS) is 10.5. The van der Waals surface area contributed by atoms with Crippen molar-refractivity contribution >= 4 is 23.3 Å². The molecular formula is C25H26ClNO5. The van der Waals surface area contributed by atoms with Crippen molar-refractivity contribution in [3.63, 3.8) is 0 Å².